The summed E-state index contributed by atoms with van der Waals surface area (Å²) in [5, 5.41) is 47.3. The van der Waals surface area contributed by atoms with Crippen molar-refractivity contribution in [3.63, 3.8) is 0 Å². The highest BCUT2D eigenvalue weighted by molar-refractivity contribution is 6.74. The highest BCUT2D eigenvalue weighted by Crippen LogP contribution is 2.40. The number of rotatable bonds is 28. The Balaban J connectivity index is 0.00000113. The van der Waals surface area contributed by atoms with Gasteiger partial charge >= 0.3 is 0 Å². The van der Waals surface area contributed by atoms with Gasteiger partial charge in [-0.25, -0.2) is 0 Å². The van der Waals surface area contributed by atoms with E-state index in [1.165, 1.54) is 18.3 Å². The van der Waals surface area contributed by atoms with Crippen LogP contribution < -0.4 is 0 Å². The van der Waals surface area contributed by atoms with Crippen molar-refractivity contribution >= 4 is 8.32 Å². The topological polar surface area (TPSA) is 203 Å². The molecule has 0 bridgehead atoms. The van der Waals surface area contributed by atoms with E-state index in [1.54, 1.807) is 66.1 Å². The van der Waals surface area contributed by atoms with Crippen molar-refractivity contribution in [3.8, 4) is 0 Å². The number of hydrogen-bond acceptors (Lipinski definition) is 16. The smallest absolute Gasteiger partial charge is 0.192 e. The molecule has 17 heteroatoms. The quantitative estimate of drug-likeness (QED) is 0.0365. The van der Waals surface area contributed by atoms with E-state index in [0.29, 0.717) is 0 Å². The third kappa shape index (κ3) is 27.0. The largest absolute Gasteiger partial charge is 0.495 e. The van der Waals surface area contributed by atoms with Crippen molar-refractivity contribution in [2.45, 2.75) is 226 Å². The van der Waals surface area contributed by atoms with Crippen molar-refractivity contribution in [1.82, 2.24) is 0 Å². The summed E-state index contributed by atoms with van der Waals surface area (Å²) >= 11 is 0. The van der Waals surface area contributed by atoms with E-state index in [-0.39, 0.29) is 133 Å². The van der Waals surface area contributed by atoms with Gasteiger partial charge in [0.15, 0.2) is 14.6 Å². The predicted octanol–water partition coefficient (Wildman–Crippen LogP) is 12.7. The molecule has 0 spiro atoms. The van der Waals surface area contributed by atoms with Gasteiger partial charge in [-0.05, 0) is 82.0 Å². The standard InChI is InChI=1S/C23H36O4.C17H34O3Si.2C11H18O3.C11H20O3/c1-9-18(24-7)22-16(5)11-14(3)20(26-22)13-21-15(4)12-17(6)23(27-21)19(10-2)25-8;1-10-15(19-7)16(14(3)11-13(2)12-18)20-21(8,9)17(4,5)6;1-5-9(13-4)11-8(3)10(12)7(2)6-14-11;1-5-9(13-4)10-7(2)6-8(3)11(12)14-10;1-5-10(14-4)11(13)9(3)6-8(2)7-12/h9-12,16-23H,1-2,13H2,3-8H3;10-11,14-16,18H,1,12H2,2-9H3;5-6,8-12H,1H2,2-4H3;5-7,9-12H,1H2,2-4H3;5-6,9-13H,1,7H2,2-4H3/b;13-11-;;;8-6-/t16-,17-,18+,19+,20-,21-,22?,23?;14?,15-,16-;8-,9+,10?,11?;7-,9+,10?,11?;9?,10-,11-/m10110/s1. The van der Waals surface area contributed by atoms with Gasteiger partial charge in [-0.2, -0.15) is 0 Å². The van der Waals surface area contributed by atoms with Gasteiger partial charge in [0.05, 0.1) is 68.3 Å². The van der Waals surface area contributed by atoms with Gasteiger partial charge in [0.2, 0.25) is 0 Å². The lowest BCUT2D eigenvalue weighted by Gasteiger charge is -2.42. The third-order valence-electron chi connectivity index (χ3n) is 17.7. The SMILES string of the molecule is C=C[C@H](OC)C1OC(O)C(C)=C[C@H]1C.C=C[C@H](OC)C1OC=C(C)C(O)[C@H]1C.C=C[C@H](OC)C1O[C@H](C[C@H]2OC([C@H](C=C)OC)[C@H](C)C=C2C)C(C)=C[C@H]1C.C=C[C@H](OC)[C@@H](O)C(C)/C=C(/C)CO.C=C[C@H](OC)[C@@H](O[Si](C)(C)C(C)(C)C)C(C)/C=C(/C)CO. The van der Waals surface area contributed by atoms with Crippen molar-refractivity contribution in [3.05, 3.63) is 146 Å². The molecule has 518 valence electrons. The summed E-state index contributed by atoms with van der Waals surface area (Å²) in [6.45, 7) is 57.8. The molecule has 0 saturated carbocycles. The van der Waals surface area contributed by atoms with Gasteiger partial charge < -0.3 is 77.3 Å². The molecule has 16 nitrogen and oxygen atoms in total. The van der Waals surface area contributed by atoms with Crippen LogP contribution in [0.1, 0.15) is 110 Å². The number of hydrogen-bond donors (Lipinski definition) is 5. The van der Waals surface area contributed by atoms with Gasteiger partial charge in [-0.15, -0.1) is 39.5 Å². The molecular weight excluding hydrogens is 1160 g/mol. The fourth-order valence-corrected chi connectivity index (χ4v) is 12.3. The van der Waals surface area contributed by atoms with Crippen molar-refractivity contribution in [2.75, 3.05) is 55.9 Å². The van der Waals surface area contributed by atoms with Crippen LogP contribution in [-0.4, -0.2) is 188 Å². The Kier molecular flexibility index (Phi) is 41.5. The summed E-state index contributed by atoms with van der Waals surface area (Å²) in [5.41, 5.74) is 5.99. The van der Waals surface area contributed by atoms with E-state index in [0.717, 1.165) is 28.7 Å². The molecule has 8 unspecified atom stereocenters. The van der Waals surface area contributed by atoms with E-state index < -0.39 is 26.8 Å². The monoisotopic (exact) mass is 1290 g/mol. The molecule has 0 aromatic rings. The average Bonchev–Trinajstić information content (AvgIpc) is 0.946. The Morgan fingerprint density at radius 1 is 0.556 bits per heavy atom. The van der Waals surface area contributed by atoms with Gasteiger partial charge in [0, 0.05) is 84.6 Å². The number of methoxy groups -OCH3 is 6. The first-order chi connectivity index (χ1) is 42.1. The molecule has 22 atom stereocenters. The lowest BCUT2D eigenvalue weighted by molar-refractivity contribution is -0.162. The Labute approximate surface area is 546 Å². The Morgan fingerprint density at radius 3 is 1.27 bits per heavy atom. The lowest BCUT2D eigenvalue weighted by Crippen LogP contribution is -2.49. The fourth-order valence-electron chi connectivity index (χ4n) is 10.9. The van der Waals surface area contributed by atoms with Crippen LogP contribution in [0.5, 0.6) is 0 Å². The highest BCUT2D eigenvalue weighted by Gasteiger charge is 2.43. The molecule has 0 aromatic heterocycles. The second-order valence-corrected chi connectivity index (χ2v) is 30.7. The molecule has 0 radical (unpaired) electrons. The van der Waals surface area contributed by atoms with Crippen LogP contribution in [0.3, 0.4) is 0 Å². The van der Waals surface area contributed by atoms with Crippen LogP contribution in [0.15, 0.2) is 146 Å². The maximum Gasteiger partial charge on any atom is 0.192 e. The summed E-state index contributed by atoms with van der Waals surface area (Å²) in [5.74, 6) is 0.877. The summed E-state index contributed by atoms with van der Waals surface area (Å²) in [7, 11) is 7.93. The summed E-state index contributed by atoms with van der Waals surface area (Å²) in [4.78, 5) is 0. The molecule has 0 aromatic carbocycles. The molecule has 4 rings (SSSR count). The first kappa shape index (κ1) is 86.3. The van der Waals surface area contributed by atoms with Crippen LogP contribution in [0.2, 0.25) is 18.1 Å². The molecule has 4 aliphatic heterocycles. The van der Waals surface area contributed by atoms with Crippen LogP contribution in [-0.2, 0) is 51.8 Å². The van der Waals surface area contributed by atoms with Gasteiger partial charge in [-0.1, -0.05) is 140 Å². The highest BCUT2D eigenvalue weighted by atomic mass is 28.4. The van der Waals surface area contributed by atoms with Crippen LogP contribution in [0.25, 0.3) is 0 Å². The minimum atomic E-state index is -1.91. The van der Waals surface area contributed by atoms with Crippen LogP contribution >= 0.6 is 0 Å². The zero-order valence-corrected chi connectivity index (χ0v) is 60.7. The van der Waals surface area contributed by atoms with Crippen LogP contribution in [0.4, 0.5) is 0 Å². The average molecular weight is 1290 g/mol. The molecule has 0 amide bonds. The minimum absolute atomic E-state index is 0.00377. The fraction of sp³-hybridized carbons (Fsp3) is 0.671. The summed E-state index contributed by atoms with van der Waals surface area (Å²) < 4.78 is 62.5. The molecule has 0 fully saturated rings. The summed E-state index contributed by atoms with van der Waals surface area (Å²) in [6, 6.07) is 0. The van der Waals surface area contributed by atoms with E-state index in [4.69, 9.17) is 56.9 Å². The first-order valence-corrected chi connectivity index (χ1v) is 34.6. The normalized spacial score (nSPS) is 28.8. The van der Waals surface area contributed by atoms with Crippen molar-refractivity contribution in [2.24, 2.45) is 35.5 Å². The Bertz CT molecular complexity index is 2250. The lowest BCUT2D eigenvalue weighted by atomic mass is 9.87. The Morgan fingerprint density at radius 2 is 0.922 bits per heavy atom. The van der Waals surface area contributed by atoms with Crippen molar-refractivity contribution < 1.29 is 77.3 Å². The predicted molar refractivity (Wildman–Crippen MR) is 369 cm³/mol. The Hall–Kier alpha value is -3.70. The number of aliphatic hydroxyl groups is 5. The van der Waals surface area contributed by atoms with Crippen LogP contribution in [0, 0.1) is 35.5 Å². The molecule has 5 N–H and O–H groups in total. The molecule has 90 heavy (non-hydrogen) atoms. The van der Waals surface area contributed by atoms with E-state index in [9.17, 15) is 20.4 Å². The molecule has 0 saturated heterocycles. The molecule has 0 aliphatic carbocycles. The summed E-state index contributed by atoms with van der Waals surface area (Å²) in [6.07, 6.45) is 19.8. The maximum atomic E-state index is 9.82. The van der Waals surface area contributed by atoms with E-state index in [1.807, 2.05) is 72.8 Å². The first-order valence-electron chi connectivity index (χ1n) is 31.7. The second kappa shape index (κ2) is 43.3. The molecule has 4 aliphatic rings. The third-order valence-corrected chi connectivity index (χ3v) is 22.1. The number of ether oxygens (including phenoxy) is 10. The molecular formula is C73H126O16Si. The molecule has 4 heterocycles. The second-order valence-electron chi connectivity index (χ2n) is 26.0. The van der Waals surface area contributed by atoms with Gasteiger partial charge in [0.25, 0.3) is 0 Å². The van der Waals surface area contributed by atoms with Gasteiger partial charge in [-0.3, -0.25) is 0 Å². The van der Waals surface area contributed by atoms with Crippen molar-refractivity contribution in [1.29, 1.82) is 0 Å². The van der Waals surface area contributed by atoms with E-state index in [2.05, 4.69) is 126 Å². The van der Waals surface area contributed by atoms with E-state index >= 15 is 0 Å². The maximum absolute atomic E-state index is 9.82. The van der Waals surface area contributed by atoms with Gasteiger partial charge in [0.1, 0.15) is 42.7 Å². The number of aliphatic hydroxyl groups excluding tert-OH is 5. The zero-order valence-electron chi connectivity index (χ0n) is 59.7. The zero-order chi connectivity index (χ0) is 69.6. The minimum Gasteiger partial charge on any atom is -0.495 e.